The van der Waals surface area contributed by atoms with Gasteiger partial charge in [-0.2, -0.15) is 0 Å². The van der Waals surface area contributed by atoms with Crippen molar-refractivity contribution >= 4 is 11.7 Å². The third-order valence-electron chi connectivity index (χ3n) is 3.83. The molecule has 0 fully saturated rings. The van der Waals surface area contributed by atoms with Crippen LogP contribution in [-0.2, 0) is 6.42 Å². The maximum atomic E-state index is 12.0. The number of carbonyl (C=O) groups is 1. The Morgan fingerprint density at radius 1 is 1.26 bits per heavy atom. The molecule has 1 aromatic heterocycles. The van der Waals surface area contributed by atoms with Gasteiger partial charge in [-0.1, -0.05) is 18.2 Å². The largest absolute Gasteiger partial charge is 0.488 e. The van der Waals surface area contributed by atoms with Gasteiger partial charge in [0.25, 0.3) is 5.91 Å². The van der Waals surface area contributed by atoms with Crippen LogP contribution in [0.2, 0.25) is 0 Å². The molecule has 0 bridgehead atoms. The van der Waals surface area contributed by atoms with Crippen molar-refractivity contribution in [3.63, 3.8) is 0 Å². The van der Waals surface area contributed by atoms with Crippen molar-refractivity contribution in [2.45, 2.75) is 12.5 Å². The lowest BCUT2D eigenvalue weighted by Crippen LogP contribution is -2.33. The van der Waals surface area contributed by atoms with Gasteiger partial charge in [-0.05, 0) is 11.6 Å². The highest BCUT2D eigenvalue weighted by Crippen LogP contribution is 2.28. The molecule has 1 atom stereocenters. The predicted molar refractivity (Wildman–Crippen MR) is 87.9 cm³/mol. The number of aromatic nitrogens is 2. The predicted octanol–water partition coefficient (Wildman–Crippen LogP) is 1.62. The van der Waals surface area contributed by atoms with E-state index in [0.717, 1.165) is 12.2 Å². The second-order valence-electron chi connectivity index (χ2n) is 5.89. The zero-order chi connectivity index (χ0) is 16.4. The molecule has 0 radical (unpaired) electrons. The van der Waals surface area contributed by atoms with Crippen LogP contribution in [0.1, 0.15) is 16.1 Å². The molecule has 1 amide bonds. The van der Waals surface area contributed by atoms with Crippen molar-refractivity contribution in [2.75, 3.05) is 32.6 Å². The molecule has 1 aliphatic heterocycles. The summed E-state index contributed by atoms with van der Waals surface area (Å²) in [6.07, 6.45) is 4.10. The highest BCUT2D eigenvalue weighted by atomic mass is 16.5. The maximum absolute atomic E-state index is 12.0. The van der Waals surface area contributed by atoms with Crippen LogP contribution in [0.25, 0.3) is 0 Å². The fourth-order valence-corrected chi connectivity index (χ4v) is 2.63. The van der Waals surface area contributed by atoms with Gasteiger partial charge in [-0.3, -0.25) is 9.78 Å². The van der Waals surface area contributed by atoms with Crippen LogP contribution in [0.5, 0.6) is 5.75 Å². The monoisotopic (exact) mass is 312 g/mol. The normalized spacial score (nSPS) is 15.7. The van der Waals surface area contributed by atoms with E-state index in [4.69, 9.17) is 4.74 Å². The third-order valence-corrected chi connectivity index (χ3v) is 3.83. The Kier molecular flexibility index (Phi) is 4.14. The van der Waals surface area contributed by atoms with Gasteiger partial charge >= 0.3 is 0 Å². The zero-order valence-corrected chi connectivity index (χ0v) is 13.6. The van der Waals surface area contributed by atoms with Crippen LogP contribution < -0.4 is 9.64 Å². The molecule has 120 valence electrons. The minimum atomic E-state index is -0.155. The number of para-hydroxylation sites is 1. The second kappa shape index (κ2) is 6.24. The summed E-state index contributed by atoms with van der Waals surface area (Å²) in [6.45, 7) is 0.684. The Hall–Kier alpha value is -2.63. The van der Waals surface area contributed by atoms with Crippen molar-refractivity contribution < 1.29 is 9.53 Å². The zero-order valence-electron chi connectivity index (χ0n) is 13.6. The van der Waals surface area contributed by atoms with Crippen molar-refractivity contribution in [3.05, 3.63) is 47.9 Å². The first-order valence-electron chi connectivity index (χ1n) is 7.54. The van der Waals surface area contributed by atoms with E-state index in [9.17, 15) is 4.79 Å². The second-order valence-corrected chi connectivity index (χ2v) is 5.89. The summed E-state index contributed by atoms with van der Waals surface area (Å²) >= 11 is 0. The fourth-order valence-electron chi connectivity index (χ4n) is 2.63. The van der Waals surface area contributed by atoms with E-state index < -0.39 is 0 Å². The van der Waals surface area contributed by atoms with E-state index in [0.29, 0.717) is 18.1 Å². The molecule has 3 rings (SSSR count). The van der Waals surface area contributed by atoms with E-state index in [2.05, 4.69) is 16.0 Å². The van der Waals surface area contributed by atoms with Crippen molar-refractivity contribution in [1.82, 2.24) is 14.9 Å². The Morgan fingerprint density at radius 2 is 2.04 bits per heavy atom. The molecule has 0 N–H and O–H groups in total. The number of likely N-dealkylation sites (N-methyl/N-ethyl adjacent to an activating group) is 1. The molecule has 0 aliphatic carbocycles. The summed E-state index contributed by atoms with van der Waals surface area (Å²) in [4.78, 5) is 24.0. The molecule has 2 aromatic rings. The standard InChI is InChI=1S/C17H20N4O2/c1-20(2)17(22)14-9-18-10-16(19-14)21(3)11-13-8-12-6-4-5-7-15(12)23-13/h4-7,9-10,13H,8,11H2,1-3H3/t13-/m1/s1. The highest BCUT2D eigenvalue weighted by molar-refractivity contribution is 5.91. The average molecular weight is 312 g/mol. The Morgan fingerprint density at radius 3 is 2.78 bits per heavy atom. The number of amides is 1. The number of carbonyl (C=O) groups excluding carboxylic acids is 1. The van der Waals surface area contributed by atoms with E-state index >= 15 is 0 Å². The van der Waals surface area contributed by atoms with E-state index in [1.165, 1.54) is 16.7 Å². The summed E-state index contributed by atoms with van der Waals surface area (Å²) in [5, 5.41) is 0. The van der Waals surface area contributed by atoms with E-state index in [1.807, 2.05) is 30.1 Å². The van der Waals surface area contributed by atoms with E-state index in [-0.39, 0.29) is 12.0 Å². The van der Waals surface area contributed by atoms with Gasteiger partial charge in [-0.25, -0.2) is 4.98 Å². The average Bonchev–Trinajstić information content (AvgIpc) is 2.96. The number of ether oxygens (including phenoxy) is 1. The molecule has 2 heterocycles. The van der Waals surface area contributed by atoms with Crippen LogP contribution >= 0.6 is 0 Å². The molecule has 6 heteroatoms. The van der Waals surface area contributed by atoms with Gasteiger partial charge in [0, 0.05) is 27.6 Å². The molecule has 1 aromatic carbocycles. The summed E-state index contributed by atoms with van der Waals surface area (Å²) < 4.78 is 5.95. The molecule has 0 saturated carbocycles. The van der Waals surface area contributed by atoms with Gasteiger partial charge in [0.05, 0.1) is 18.9 Å². The number of fused-ring (bicyclic) bond motifs is 1. The molecule has 1 aliphatic rings. The molecular weight excluding hydrogens is 292 g/mol. The summed E-state index contributed by atoms with van der Waals surface area (Å²) in [5.74, 6) is 1.46. The smallest absolute Gasteiger partial charge is 0.273 e. The Bertz CT molecular complexity index is 692. The van der Waals surface area contributed by atoms with Crippen LogP contribution in [0.4, 0.5) is 5.82 Å². The minimum Gasteiger partial charge on any atom is -0.488 e. The Balaban J connectivity index is 1.69. The highest BCUT2D eigenvalue weighted by Gasteiger charge is 2.24. The number of benzene rings is 1. The molecule has 6 nitrogen and oxygen atoms in total. The van der Waals surface area contributed by atoms with Gasteiger partial charge in [0.2, 0.25) is 0 Å². The van der Waals surface area contributed by atoms with Gasteiger partial charge < -0.3 is 14.5 Å². The molecule has 0 unspecified atom stereocenters. The number of nitrogens with zero attached hydrogens (tertiary/aromatic N) is 4. The third kappa shape index (κ3) is 3.26. The SMILES string of the molecule is CN(C)C(=O)c1cncc(N(C)C[C@H]2Cc3ccccc3O2)n1. The lowest BCUT2D eigenvalue weighted by atomic mass is 10.1. The number of rotatable bonds is 4. The number of hydrogen-bond donors (Lipinski definition) is 0. The molecular formula is C17H20N4O2. The summed E-state index contributed by atoms with van der Waals surface area (Å²) in [7, 11) is 5.33. The molecule has 0 saturated heterocycles. The fraction of sp³-hybridized carbons (Fsp3) is 0.353. The first kappa shape index (κ1) is 15.3. The molecule has 23 heavy (non-hydrogen) atoms. The first-order valence-corrected chi connectivity index (χ1v) is 7.54. The van der Waals surface area contributed by atoms with Gasteiger partial charge in [0.1, 0.15) is 23.4 Å². The van der Waals surface area contributed by atoms with Crippen molar-refractivity contribution in [3.8, 4) is 5.75 Å². The van der Waals surface area contributed by atoms with Crippen LogP contribution in [0, 0.1) is 0 Å². The maximum Gasteiger partial charge on any atom is 0.273 e. The van der Waals surface area contributed by atoms with Crippen molar-refractivity contribution in [1.29, 1.82) is 0 Å². The van der Waals surface area contributed by atoms with Gasteiger partial charge in [0.15, 0.2) is 0 Å². The summed E-state index contributed by atoms with van der Waals surface area (Å²) in [6, 6.07) is 8.08. The Labute approximate surface area is 135 Å². The number of anilines is 1. The number of hydrogen-bond acceptors (Lipinski definition) is 5. The van der Waals surface area contributed by atoms with Gasteiger partial charge in [-0.15, -0.1) is 0 Å². The van der Waals surface area contributed by atoms with Crippen molar-refractivity contribution in [2.24, 2.45) is 0 Å². The lowest BCUT2D eigenvalue weighted by Gasteiger charge is -2.22. The lowest BCUT2D eigenvalue weighted by molar-refractivity contribution is 0.0821. The quantitative estimate of drug-likeness (QED) is 0.858. The van der Waals surface area contributed by atoms with Crippen LogP contribution in [-0.4, -0.2) is 54.6 Å². The van der Waals surface area contributed by atoms with Crippen LogP contribution in [0.3, 0.4) is 0 Å². The first-order chi connectivity index (χ1) is 11.0. The van der Waals surface area contributed by atoms with Crippen LogP contribution in [0.15, 0.2) is 36.7 Å². The topological polar surface area (TPSA) is 58.6 Å². The minimum absolute atomic E-state index is 0.0763. The van der Waals surface area contributed by atoms with E-state index in [1.54, 1.807) is 20.3 Å². The molecule has 0 spiro atoms. The summed E-state index contributed by atoms with van der Waals surface area (Å²) in [5.41, 5.74) is 1.57.